The van der Waals surface area contributed by atoms with E-state index >= 15 is 0 Å². The van der Waals surface area contributed by atoms with Gasteiger partial charge in [0, 0.05) is 75.0 Å². The number of halogens is 3. The van der Waals surface area contributed by atoms with Crippen molar-refractivity contribution in [2.24, 2.45) is 0 Å². The zero-order valence-corrected chi connectivity index (χ0v) is 20.0. The summed E-state index contributed by atoms with van der Waals surface area (Å²) in [6.45, 7) is 5.49. The standard InChI is InChI=1S/C24H30F3N7O2/c1-17-15-32(6-7-34(17)22-5-3-20(14-29-22)24(25,26)27)16-19-13-30-31-23(19)18-2-4-21(28-12-18)33(8-10-35)9-11-36/h2-5,12-14,17,35-36H,6-11,15-16H2,1H3,(H,30,31). The van der Waals surface area contributed by atoms with Crippen molar-refractivity contribution in [1.82, 2.24) is 25.1 Å². The normalized spacial score (nSPS) is 16.9. The molecule has 0 radical (unpaired) electrons. The quantitative estimate of drug-likeness (QED) is 0.407. The van der Waals surface area contributed by atoms with E-state index in [1.54, 1.807) is 6.20 Å². The number of hydrogen-bond donors (Lipinski definition) is 3. The van der Waals surface area contributed by atoms with Crippen molar-refractivity contribution in [3.63, 3.8) is 0 Å². The van der Waals surface area contributed by atoms with Crippen molar-refractivity contribution in [3.8, 4) is 11.3 Å². The fourth-order valence-corrected chi connectivity index (χ4v) is 4.46. The smallest absolute Gasteiger partial charge is 0.395 e. The summed E-state index contributed by atoms with van der Waals surface area (Å²) >= 11 is 0. The van der Waals surface area contributed by atoms with E-state index in [-0.39, 0.29) is 19.3 Å². The highest BCUT2D eigenvalue weighted by atomic mass is 19.4. The summed E-state index contributed by atoms with van der Waals surface area (Å²) in [5.74, 6) is 1.21. The van der Waals surface area contributed by atoms with Gasteiger partial charge in [-0.3, -0.25) is 10.00 Å². The number of rotatable bonds is 9. The lowest BCUT2D eigenvalue weighted by atomic mass is 10.1. The molecule has 12 heteroatoms. The Morgan fingerprint density at radius 3 is 2.42 bits per heavy atom. The fourth-order valence-electron chi connectivity index (χ4n) is 4.46. The molecule has 9 nitrogen and oxygen atoms in total. The van der Waals surface area contributed by atoms with Crippen LogP contribution in [0.2, 0.25) is 0 Å². The molecule has 4 heterocycles. The van der Waals surface area contributed by atoms with Crippen molar-refractivity contribution >= 4 is 11.6 Å². The van der Waals surface area contributed by atoms with Gasteiger partial charge in [-0.2, -0.15) is 18.3 Å². The monoisotopic (exact) mass is 505 g/mol. The van der Waals surface area contributed by atoms with Crippen LogP contribution in [-0.4, -0.2) is 87.3 Å². The summed E-state index contributed by atoms with van der Waals surface area (Å²) in [7, 11) is 0. The maximum Gasteiger partial charge on any atom is 0.417 e. The van der Waals surface area contributed by atoms with Crippen LogP contribution in [0.5, 0.6) is 0 Å². The molecule has 0 spiro atoms. The van der Waals surface area contributed by atoms with Gasteiger partial charge in [-0.15, -0.1) is 0 Å². The van der Waals surface area contributed by atoms with Crippen LogP contribution in [0.1, 0.15) is 18.1 Å². The summed E-state index contributed by atoms with van der Waals surface area (Å²) in [4.78, 5) is 14.7. The summed E-state index contributed by atoms with van der Waals surface area (Å²) in [5.41, 5.74) is 1.91. The molecule has 3 aromatic heterocycles. The number of nitrogens with zero attached hydrogens (tertiary/aromatic N) is 6. The van der Waals surface area contributed by atoms with Gasteiger partial charge in [-0.25, -0.2) is 9.97 Å². The number of aliphatic hydroxyl groups is 2. The molecule has 1 aliphatic rings. The molecule has 3 aromatic rings. The van der Waals surface area contributed by atoms with E-state index in [1.807, 2.05) is 35.1 Å². The molecule has 0 bridgehead atoms. The number of hydrogen-bond acceptors (Lipinski definition) is 8. The van der Waals surface area contributed by atoms with Gasteiger partial charge in [0.15, 0.2) is 0 Å². The number of alkyl halides is 3. The van der Waals surface area contributed by atoms with E-state index in [4.69, 9.17) is 0 Å². The fraction of sp³-hybridized carbons (Fsp3) is 0.458. The van der Waals surface area contributed by atoms with Crippen LogP contribution in [0.3, 0.4) is 0 Å². The summed E-state index contributed by atoms with van der Waals surface area (Å²) < 4.78 is 38.6. The number of aliphatic hydroxyl groups excluding tert-OH is 2. The molecule has 1 atom stereocenters. The number of nitrogens with one attached hydrogen (secondary N) is 1. The minimum Gasteiger partial charge on any atom is -0.395 e. The van der Waals surface area contributed by atoms with Crippen LogP contribution in [0.15, 0.2) is 42.9 Å². The van der Waals surface area contributed by atoms with Crippen molar-refractivity contribution in [3.05, 3.63) is 54.0 Å². The molecule has 36 heavy (non-hydrogen) atoms. The Labute approximate surface area is 207 Å². The molecule has 0 amide bonds. The van der Waals surface area contributed by atoms with Crippen LogP contribution in [-0.2, 0) is 12.7 Å². The Kier molecular flexibility index (Phi) is 8.07. The molecule has 1 saturated heterocycles. The first-order chi connectivity index (χ1) is 17.3. The van der Waals surface area contributed by atoms with Crippen molar-refractivity contribution in [2.75, 3.05) is 55.7 Å². The summed E-state index contributed by atoms with van der Waals surface area (Å²) in [6.07, 6.45) is 0.0830. The Balaban J connectivity index is 1.40. The topological polar surface area (TPSA) is 105 Å². The zero-order chi connectivity index (χ0) is 25.7. The third-order valence-corrected chi connectivity index (χ3v) is 6.28. The lowest BCUT2D eigenvalue weighted by molar-refractivity contribution is -0.137. The minimum atomic E-state index is -4.40. The van der Waals surface area contributed by atoms with Crippen LogP contribution in [0.25, 0.3) is 11.3 Å². The Morgan fingerprint density at radius 1 is 1.06 bits per heavy atom. The van der Waals surface area contributed by atoms with Gasteiger partial charge in [0.05, 0.1) is 24.5 Å². The summed E-state index contributed by atoms with van der Waals surface area (Å²) in [5, 5.41) is 25.8. The summed E-state index contributed by atoms with van der Waals surface area (Å²) in [6, 6.07) is 6.34. The predicted octanol–water partition coefficient (Wildman–Crippen LogP) is 2.39. The molecule has 1 fully saturated rings. The average Bonchev–Trinajstić information content (AvgIpc) is 3.32. The number of aromatic nitrogens is 4. The van der Waals surface area contributed by atoms with E-state index < -0.39 is 11.7 Å². The van der Waals surface area contributed by atoms with Crippen LogP contribution in [0, 0.1) is 0 Å². The predicted molar refractivity (Wildman–Crippen MR) is 130 cm³/mol. The van der Waals surface area contributed by atoms with Gasteiger partial charge in [0.1, 0.15) is 11.6 Å². The van der Waals surface area contributed by atoms with Gasteiger partial charge in [-0.1, -0.05) is 0 Å². The molecule has 0 aromatic carbocycles. The second-order valence-electron chi connectivity index (χ2n) is 8.78. The second kappa shape index (κ2) is 11.2. The maximum atomic E-state index is 12.9. The Hall–Kier alpha value is -3.22. The van der Waals surface area contributed by atoms with Crippen LogP contribution < -0.4 is 9.80 Å². The van der Waals surface area contributed by atoms with Gasteiger partial charge in [0.2, 0.25) is 0 Å². The molecule has 1 aliphatic heterocycles. The molecular weight excluding hydrogens is 475 g/mol. The molecule has 4 rings (SSSR count). The highest BCUT2D eigenvalue weighted by Crippen LogP contribution is 2.30. The van der Waals surface area contributed by atoms with E-state index in [0.29, 0.717) is 37.8 Å². The Morgan fingerprint density at radius 2 is 1.83 bits per heavy atom. The lowest BCUT2D eigenvalue weighted by Crippen LogP contribution is -2.51. The molecule has 0 saturated carbocycles. The van der Waals surface area contributed by atoms with E-state index in [2.05, 4.69) is 25.1 Å². The van der Waals surface area contributed by atoms with Crippen molar-refractivity contribution in [2.45, 2.75) is 25.7 Å². The molecule has 3 N–H and O–H groups in total. The van der Waals surface area contributed by atoms with Crippen LogP contribution in [0.4, 0.5) is 24.8 Å². The van der Waals surface area contributed by atoms with E-state index in [0.717, 1.165) is 42.2 Å². The first kappa shape index (κ1) is 25.9. The number of pyridine rings is 2. The van der Waals surface area contributed by atoms with E-state index in [1.165, 1.54) is 6.07 Å². The minimum absolute atomic E-state index is 0.0342. The SMILES string of the molecule is CC1CN(Cc2c[nH]nc2-c2ccc(N(CCO)CCO)nc2)CCN1c1ccc(C(F)(F)F)cn1. The number of H-pyrrole nitrogens is 1. The van der Waals surface area contributed by atoms with Gasteiger partial charge >= 0.3 is 6.18 Å². The first-order valence-corrected chi connectivity index (χ1v) is 11.8. The van der Waals surface area contributed by atoms with Crippen molar-refractivity contribution < 1.29 is 23.4 Å². The third-order valence-electron chi connectivity index (χ3n) is 6.28. The lowest BCUT2D eigenvalue weighted by Gasteiger charge is -2.40. The third kappa shape index (κ3) is 5.94. The number of piperazine rings is 1. The van der Waals surface area contributed by atoms with Crippen LogP contribution >= 0.6 is 0 Å². The van der Waals surface area contributed by atoms with Gasteiger partial charge in [0.25, 0.3) is 0 Å². The molecule has 0 aliphatic carbocycles. The second-order valence-corrected chi connectivity index (χ2v) is 8.78. The average molecular weight is 506 g/mol. The van der Waals surface area contributed by atoms with E-state index in [9.17, 15) is 23.4 Å². The van der Waals surface area contributed by atoms with Gasteiger partial charge in [-0.05, 0) is 31.2 Å². The maximum absolute atomic E-state index is 12.9. The highest BCUT2D eigenvalue weighted by Gasteiger charge is 2.32. The molecular formula is C24H30F3N7O2. The number of aromatic amines is 1. The number of anilines is 2. The molecule has 194 valence electrons. The van der Waals surface area contributed by atoms with Crippen molar-refractivity contribution in [1.29, 1.82) is 0 Å². The zero-order valence-electron chi connectivity index (χ0n) is 20.0. The first-order valence-electron chi connectivity index (χ1n) is 11.8. The molecule has 1 unspecified atom stereocenters. The largest absolute Gasteiger partial charge is 0.417 e. The Bertz CT molecular complexity index is 1100. The highest BCUT2D eigenvalue weighted by molar-refractivity contribution is 5.63. The van der Waals surface area contributed by atoms with Gasteiger partial charge < -0.3 is 20.0 Å².